The Morgan fingerprint density at radius 2 is 2.09 bits per heavy atom. The first-order valence-electron chi connectivity index (χ1n) is 8.01. The number of nitrogens with zero attached hydrogens (tertiary/aromatic N) is 2. The van der Waals surface area contributed by atoms with E-state index < -0.39 is 0 Å². The van der Waals surface area contributed by atoms with Crippen molar-refractivity contribution in [2.24, 2.45) is 0 Å². The van der Waals surface area contributed by atoms with Crippen molar-refractivity contribution >= 4 is 0 Å². The lowest BCUT2D eigenvalue weighted by molar-refractivity contribution is 0.206. The molecular formula is C18H24N2O2. The predicted molar refractivity (Wildman–Crippen MR) is 86.0 cm³/mol. The number of ether oxygens (including phenoxy) is 1. The average Bonchev–Trinajstić information content (AvgIpc) is 3.16. The van der Waals surface area contributed by atoms with E-state index in [-0.39, 0.29) is 0 Å². The van der Waals surface area contributed by atoms with Crippen molar-refractivity contribution in [1.82, 2.24) is 10.1 Å². The van der Waals surface area contributed by atoms with Gasteiger partial charge in [0.2, 0.25) is 0 Å². The zero-order valence-corrected chi connectivity index (χ0v) is 13.6. The number of rotatable bonds is 5. The van der Waals surface area contributed by atoms with Gasteiger partial charge in [-0.05, 0) is 43.0 Å². The highest BCUT2D eigenvalue weighted by atomic mass is 16.5. The molecule has 0 saturated carbocycles. The van der Waals surface area contributed by atoms with Crippen LogP contribution >= 0.6 is 0 Å². The SMILES string of the molecule is COc1ccc(CN2CCC[C@H]2c2cc(C(C)C)no2)cc1. The highest BCUT2D eigenvalue weighted by molar-refractivity contribution is 5.27. The van der Waals surface area contributed by atoms with E-state index in [1.807, 2.05) is 12.1 Å². The average molecular weight is 300 g/mol. The maximum atomic E-state index is 5.60. The molecule has 22 heavy (non-hydrogen) atoms. The molecule has 1 aromatic heterocycles. The van der Waals surface area contributed by atoms with Crippen LogP contribution in [0.2, 0.25) is 0 Å². The zero-order chi connectivity index (χ0) is 15.5. The summed E-state index contributed by atoms with van der Waals surface area (Å²) in [6.07, 6.45) is 2.35. The van der Waals surface area contributed by atoms with Crippen LogP contribution in [0.4, 0.5) is 0 Å². The quantitative estimate of drug-likeness (QED) is 0.831. The summed E-state index contributed by atoms with van der Waals surface area (Å²) in [6, 6.07) is 10.8. The maximum Gasteiger partial charge on any atom is 0.154 e. The maximum absolute atomic E-state index is 5.60. The molecule has 0 unspecified atom stereocenters. The molecule has 0 radical (unpaired) electrons. The molecule has 118 valence electrons. The molecular weight excluding hydrogens is 276 g/mol. The van der Waals surface area contributed by atoms with Gasteiger partial charge in [-0.2, -0.15) is 0 Å². The number of hydrogen-bond donors (Lipinski definition) is 0. The Balaban J connectivity index is 1.71. The lowest BCUT2D eigenvalue weighted by Gasteiger charge is -2.22. The summed E-state index contributed by atoms with van der Waals surface area (Å²) in [5.74, 6) is 2.32. The normalized spacial score (nSPS) is 19.0. The monoisotopic (exact) mass is 300 g/mol. The Labute approximate surface area is 132 Å². The van der Waals surface area contributed by atoms with E-state index in [2.05, 4.69) is 42.1 Å². The zero-order valence-electron chi connectivity index (χ0n) is 13.6. The third-order valence-electron chi connectivity index (χ3n) is 4.37. The molecule has 0 bridgehead atoms. The van der Waals surface area contributed by atoms with Gasteiger partial charge in [0.15, 0.2) is 5.76 Å². The molecule has 1 aliphatic heterocycles. The van der Waals surface area contributed by atoms with E-state index in [4.69, 9.17) is 9.26 Å². The summed E-state index contributed by atoms with van der Waals surface area (Å²) in [4.78, 5) is 2.48. The largest absolute Gasteiger partial charge is 0.497 e. The summed E-state index contributed by atoms with van der Waals surface area (Å²) in [5.41, 5.74) is 2.35. The summed E-state index contributed by atoms with van der Waals surface area (Å²) in [6.45, 7) is 6.33. The van der Waals surface area contributed by atoms with E-state index >= 15 is 0 Å². The van der Waals surface area contributed by atoms with Crippen LogP contribution in [0.5, 0.6) is 5.75 Å². The van der Waals surface area contributed by atoms with Crippen molar-refractivity contribution in [3.63, 3.8) is 0 Å². The molecule has 1 atom stereocenters. The van der Waals surface area contributed by atoms with Crippen molar-refractivity contribution in [3.8, 4) is 5.75 Å². The Kier molecular flexibility index (Phi) is 4.48. The number of hydrogen-bond acceptors (Lipinski definition) is 4. The highest BCUT2D eigenvalue weighted by Crippen LogP contribution is 2.34. The van der Waals surface area contributed by atoms with Gasteiger partial charge >= 0.3 is 0 Å². The second-order valence-corrected chi connectivity index (χ2v) is 6.29. The fourth-order valence-electron chi connectivity index (χ4n) is 3.04. The highest BCUT2D eigenvalue weighted by Gasteiger charge is 2.29. The number of benzene rings is 1. The van der Waals surface area contributed by atoms with Crippen LogP contribution in [-0.4, -0.2) is 23.7 Å². The standard InChI is InChI=1S/C18H24N2O2/c1-13(2)16-11-18(22-19-16)17-5-4-10-20(17)12-14-6-8-15(21-3)9-7-14/h6-9,11,13,17H,4-5,10,12H2,1-3H3/t17-/m0/s1. The lowest BCUT2D eigenvalue weighted by atomic mass is 10.1. The van der Waals surface area contributed by atoms with Crippen molar-refractivity contribution in [2.75, 3.05) is 13.7 Å². The van der Waals surface area contributed by atoms with Crippen molar-refractivity contribution in [1.29, 1.82) is 0 Å². The Hall–Kier alpha value is -1.81. The fourth-order valence-corrected chi connectivity index (χ4v) is 3.04. The summed E-state index contributed by atoms with van der Waals surface area (Å²) < 4.78 is 10.8. The van der Waals surface area contributed by atoms with Crippen LogP contribution in [0.25, 0.3) is 0 Å². The Bertz CT molecular complexity index is 604. The molecule has 0 N–H and O–H groups in total. The third kappa shape index (κ3) is 3.17. The number of aromatic nitrogens is 1. The molecule has 1 aliphatic rings. The van der Waals surface area contributed by atoms with Crippen LogP contribution in [0.1, 0.15) is 55.7 Å². The Morgan fingerprint density at radius 3 is 2.73 bits per heavy atom. The van der Waals surface area contributed by atoms with Crippen molar-refractivity contribution < 1.29 is 9.26 Å². The van der Waals surface area contributed by atoms with Crippen molar-refractivity contribution in [2.45, 2.75) is 45.2 Å². The summed E-state index contributed by atoms with van der Waals surface area (Å²) in [7, 11) is 1.70. The number of methoxy groups -OCH3 is 1. The van der Waals surface area contributed by atoms with E-state index in [9.17, 15) is 0 Å². The summed E-state index contributed by atoms with van der Waals surface area (Å²) >= 11 is 0. The molecule has 0 aliphatic carbocycles. The van der Waals surface area contributed by atoms with Gasteiger partial charge in [-0.3, -0.25) is 4.90 Å². The molecule has 1 fully saturated rings. The van der Waals surface area contributed by atoms with Crippen LogP contribution in [-0.2, 0) is 6.54 Å². The van der Waals surface area contributed by atoms with E-state index in [1.165, 1.54) is 12.0 Å². The molecule has 2 heterocycles. The minimum atomic E-state index is 0.349. The van der Waals surface area contributed by atoms with Crippen molar-refractivity contribution in [3.05, 3.63) is 47.3 Å². The fraction of sp³-hybridized carbons (Fsp3) is 0.500. The van der Waals surface area contributed by atoms with Gasteiger partial charge < -0.3 is 9.26 Å². The third-order valence-corrected chi connectivity index (χ3v) is 4.37. The van der Waals surface area contributed by atoms with Crippen LogP contribution in [0, 0.1) is 0 Å². The van der Waals surface area contributed by atoms with Crippen LogP contribution in [0.15, 0.2) is 34.9 Å². The second-order valence-electron chi connectivity index (χ2n) is 6.29. The Morgan fingerprint density at radius 1 is 1.32 bits per heavy atom. The van der Waals surface area contributed by atoms with Gasteiger partial charge in [0.25, 0.3) is 0 Å². The van der Waals surface area contributed by atoms with Gasteiger partial charge in [-0.1, -0.05) is 31.1 Å². The summed E-state index contributed by atoms with van der Waals surface area (Å²) in [5, 5.41) is 4.21. The molecule has 4 heteroatoms. The molecule has 4 nitrogen and oxygen atoms in total. The predicted octanol–water partition coefficient (Wildman–Crippen LogP) is 4.14. The topological polar surface area (TPSA) is 38.5 Å². The smallest absolute Gasteiger partial charge is 0.154 e. The van der Waals surface area contributed by atoms with E-state index in [0.717, 1.165) is 36.7 Å². The lowest BCUT2D eigenvalue weighted by Crippen LogP contribution is -2.22. The first-order chi connectivity index (χ1) is 10.7. The van der Waals surface area contributed by atoms with Crippen LogP contribution < -0.4 is 4.74 Å². The van der Waals surface area contributed by atoms with Gasteiger partial charge in [0, 0.05) is 12.6 Å². The number of likely N-dealkylation sites (tertiary alicyclic amines) is 1. The van der Waals surface area contributed by atoms with E-state index in [1.54, 1.807) is 7.11 Å². The molecule has 0 spiro atoms. The minimum absolute atomic E-state index is 0.349. The first kappa shape index (κ1) is 15.1. The minimum Gasteiger partial charge on any atom is -0.497 e. The van der Waals surface area contributed by atoms with E-state index in [0.29, 0.717) is 12.0 Å². The molecule has 0 amide bonds. The van der Waals surface area contributed by atoms with Gasteiger partial charge in [0.05, 0.1) is 18.8 Å². The molecule has 1 aromatic carbocycles. The van der Waals surface area contributed by atoms with Gasteiger partial charge in [0.1, 0.15) is 5.75 Å². The molecule has 3 rings (SSSR count). The van der Waals surface area contributed by atoms with Gasteiger partial charge in [-0.25, -0.2) is 0 Å². The second kappa shape index (κ2) is 6.53. The van der Waals surface area contributed by atoms with Gasteiger partial charge in [-0.15, -0.1) is 0 Å². The molecule has 1 saturated heterocycles. The first-order valence-corrected chi connectivity index (χ1v) is 8.01. The molecule has 2 aromatic rings. The van der Waals surface area contributed by atoms with Crippen LogP contribution in [0.3, 0.4) is 0 Å².